The molecule has 14 heavy (non-hydrogen) atoms. The number of carbonyl (C=O) groups is 2. The van der Waals surface area contributed by atoms with E-state index in [0.29, 0.717) is 5.69 Å². The molecule has 0 aliphatic rings. The van der Waals surface area contributed by atoms with Crippen LogP contribution in [-0.2, 0) is 4.79 Å². The summed E-state index contributed by atoms with van der Waals surface area (Å²) >= 11 is 0. The van der Waals surface area contributed by atoms with E-state index >= 15 is 0 Å². The molecule has 0 bridgehead atoms. The van der Waals surface area contributed by atoms with Crippen LogP contribution in [0.25, 0.3) is 0 Å². The number of rotatable bonds is 4. The predicted molar refractivity (Wildman–Crippen MR) is 52.6 cm³/mol. The third-order valence-electron chi connectivity index (χ3n) is 1.69. The highest BCUT2D eigenvalue weighted by Gasteiger charge is 2.08. The topological polar surface area (TPSA) is 66.4 Å². The molecule has 0 spiro atoms. The maximum absolute atomic E-state index is 10.7. The first kappa shape index (κ1) is 10.2. The van der Waals surface area contributed by atoms with Crippen LogP contribution in [0, 0.1) is 0 Å². The van der Waals surface area contributed by atoms with Gasteiger partial charge in [-0.15, -0.1) is 0 Å². The first-order chi connectivity index (χ1) is 6.61. The molecule has 0 saturated heterocycles. The summed E-state index contributed by atoms with van der Waals surface area (Å²) < 4.78 is 0. The molecule has 4 heteroatoms. The number of aromatic carboxylic acids is 1. The Balaban J connectivity index is 2.84. The number of carboxylic acids is 1. The van der Waals surface area contributed by atoms with Gasteiger partial charge in [0.15, 0.2) is 0 Å². The van der Waals surface area contributed by atoms with Gasteiger partial charge in [0.05, 0.1) is 12.1 Å². The number of ketones is 1. The van der Waals surface area contributed by atoms with Crippen LogP contribution in [0.1, 0.15) is 17.3 Å². The van der Waals surface area contributed by atoms with Gasteiger partial charge in [-0.2, -0.15) is 0 Å². The number of anilines is 1. The number of Topliss-reactive ketones (excluding diaryl/α,β-unsaturated/α-hetero) is 1. The van der Waals surface area contributed by atoms with Gasteiger partial charge in [0.25, 0.3) is 0 Å². The van der Waals surface area contributed by atoms with Crippen LogP contribution in [0.15, 0.2) is 24.3 Å². The van der Waals surface area contributed by atoms with Crippen molar-refractivity contribution in [1.29, 1.82) is 0 Å². The van der Waals surface area contributed by atoms with Crippen LogP contribution in [-0.4, -0.2) is 23.4 Å². The quantitative estimate of drug-likeness (QED) is 0.758. The Labute approximate surface area is 81.6 Å². The lowest BCUT2D eigenvalue weighted by atomic mass is 10.2. The zero-order valence-corrected chi connectivity index (χ0v) is 7.78. The molecular weight excluding hydrogens is 182 g/mol. The van der Waals surface area contributed by atoms with Crippen LogP contribution in [0.2, 0.25) is 0 Å². The van der Waals surface area contributed by atoms with E-state index in [2.05, 4.69) is 5.32 Å². The van der Waals surface area contributed by atoms with E-state index in [1.54, 1.807) is 18.2 Å². The second-order valence-corrected chi connectivity index (χ2v) is 2.91. The summed E-state index contributed by atoms with van der Waals surface area (Å²) in [5.74, 6) is -1.04. The Morgan fingerprint density at radius 1 is 1.36 bits per heavy atom. The van der Waals surface area contributed by atoms with Gasteiger partial charge >= 0.3 is 5.97 Å². The summed E-state index contributed by atoms with van der Waals surface area (Å²) in [6, 6.07) is 6.48. The van der Waals surface area contributed by atoms with Gasteiger partial charge in [0.1, 0.15) is 5.78 Å². The Morgan fingerprint density at radius 3 is 2.57 bits per heavy atom. The minimum Gasteiger partial charge on any atom is -0.478 e. The monoisotopic (exact) mass is 193 g/mol. The van der Waals surface area contributed by atoms with Crippen molar-refractivity contribution in [3.63, 3.8) is 0 Å². The van der Waals surface area contributed by atoms with Gasteiger partial charge in [-0.05, 0) is 19.1 Å². The number of carbonyl (C=O) groups excluding carboxylic acids is 1. The highest BCUT2D eigenvalue weighted by atomic mass is 16.4. The van der Waals surface area contributed by atoms with Crippen LogP contribution in [0.5, 0.6) is 0 Å². The molecule has 1 rings (SSSR count). The fraction of sp³-hybridized carbons (Fsp3) is 0.200. The van der Waals surface area contributed by atoms with E-state index in [-0.39, 0.29) is 17.9 Å². The molecule has 1 aromatic carbocycles. The molecule has 1 aromatic rings. The Hall–Kier alpha value is -1.84. The molecule has 0 aromatic heterocycles. The average molecular weight is 193 g/mol. The van der Waals surface area contributed by atoms with E-state index in [9.17, 15) is 9.59 Å². The summed E-state index contributed by atoms with van der Waals surface area (Å²) in [6.07, 6.45) is 0. The van der Waals surface area contributed by atoms with Crippen molar-refractivity contribution in [1.82, 2.24) is 0 Å². The second kappa shape index (κ2) is 4.41. The average Bonchev–Trinajstić information content (AvgIpc) is 2.15. The smallest absolute Gasteiger partial charge is 0.337 e. The molecule has 0 aliphatic carbocycles. The van der Waals surface area contributed by atoms with Crippen LogP contribution in [0.3, 0.4) is 0 Å². The third kappa shape index (κ3) is 2.58. The van der Waals surface area contributed by atoms with Crippen molar-refractivity contribution >= 4 is 17.4 Å². The minimum atomic E-state index is -1.00. The first-order valence-corrected chi connectivity index (χ1v) is 4.17. The maximum atomic E-state index is 10.7. The van der Waals surface area contributed by atoms with E-state index in [0.717, 1.165) is 0 Å². The predicted octanol–water partition coefficient (Wildman–Crippen LogP) is 1.39. The highest BCUT2D eigenvalue weighted by Crippen LogP contribution is 2.14. The summed E-state index contributed by atoms with van der Waals surface area (Å²) in [4.78, 5) is 21.4. The van der Waals surface area contributed by atoms with Crippen molar-refractivity contribution in [3.8, 4) is 0 Å². The minimum absolute atomic E-state index is 0.0369. The van der Waals surface area contributed by atoms with Gasteiger partial charge in [0.2, 0.25) is 0 Å². The number of hydrogen-bond donors (Lipinski definition) is 2. The molecule has 0 aliphatic heterocycles. The lowest BCUT2D eigenvalue weighted by Crippen LogP contribution is -2.12. The number of hydrogen-bond acceptors (Lipinski definition) is 3. The Kier molecular flexibility index (Phi) is 3.23. The third-order valence-corrected chi connectivity index (χ3v) is 1.69. The zero-order chi connectivity index (χ0) is 10.6. The van der Waals surface area contributed by atoms with Crippen molar-refractivity contribution in [3.05, 3.63) is 29.8 Å². The molecule has 0 amide bonds. The molecule has 0 unspecified atom stereocenters. The van der Waals surface area contributed by atoms with Gasteiger partial charge < -0.3 is 10.4 Å². The molecule has 0 fully saturated rings. The van der Waals surface area contributed by atoms with Crippen molar-refractivity contribution < 1.29 is 14.7 Å². The molecule has 4 nitrogen and oxygen atoms in total. The fourth-order valence-electron chi connectivity index (χ4n) is 1.04. The van der Waals surface area contributed by atoms with Crippen molar-refractivity contribution in [2.75, 3.05) is 11.9 Å². The molecule has 74 valence electrons. The number of nitrogens with one attached hydrogen (secondary N) is 1. The van der Waals surface area contributed by atoms with Crippen LogP contribution in [0.4, 0.5) is 5.69 Å². The SMILES string of the molecule is CC(=O)CNc1ccccc1C(=O)O. The van der Waals surface area contributed by atoms with Crippen molar-refractivity contribution in [2.24, 2.45) is 0 Å². The van der Waals surface area contributed by atoms with Gasteiger partial charge in [0, 0.05) is 5.69 Å². The lowest BCUT2D eigenvalue weighted by Gasteiger charge is -2.06. The zero-order valence-electron chi connectivity index (χ0n) is 7.78. The molecular formula is C10H11NO3. The number of para-hydroxylation sites is 1. The lowest BCUT2D eigenvalue weighted by molar-refractivity contribution is -0.115. The fourth-order valence-corrected chi connectivity index (χ4v) is 1.04. The van der Waals surface area contributed by atoms with Gasteiger partial charge in [-0.25, -0.2) is 4.79 Å². The normalized spacial score (nSPS) is 9.50. The Morgan fingerprint density at radius 2 is 2.00 bits per heavy atom. The standard InChI is InChI=1S/C10H11NO3/c1-7(12)6-11-9-5-3-2-4-8(9)10(13)14/h2-5,11H,6H2,1H3,(H,13,14). The molecule has 2 N–H and O–H groups in total. The molecule has 0 saturated carbocycles. The van der Waals surface area contributed by atoms with E-state index < -0.39 is 5.97 Å². The Bertz CT molecular complexity index is 360. The van der Waals surface area contributed by atoms with E-state index in [1.165, 1.54) is 13.0 Å². The summed E-state index contributed by atoms with van der Waals surface area (Å²) in [7, 11) is 0. The van der Waals surface area contributed by atoms with E-state index in [1.807, 2.05) is 0 Å². The summed E-state index contributed by atoms with van der Waals surface area (Å²) in [5, 5.41) is 11.6. The van der Waals surface area contributed by atoms with Crippen molar-refractivity contribution in [2.45, 2.75) is 6.92 Å². The van der Waals surface area contributed by atoms with Crippen LogP contribution < -0.4 is 5.32 Å². The molecule has 0 heterocycles. The molecule has 0 radical (unpaired) electrons. The van der Waals surface area contributed by atoms with Crippen LogP contribution >= 0.6 is 0 Å². The van der Waals surface area contributed by atoms with E-state index in [4.69, 9.17) is 5.11 Å². The van der Waals surface area contributed by atoms with Gasteiger partial charge in [-0.3, -0.25) is 4.79 Å². The largest absolute Gasteiger partial charge is 0.478 e. The maximum Gasteiger partial charge on any atom is 0.337 e. The number of benzene rings is 1. The highest BCUT2D eigenvalue weighted by molar-refractivity contribution is 5.95. The number of carboxylic acid groups (broad SMARTS) is 1. The summed E-state index contributed by atoms with van der Waals surface area (Å²) in [6.45, 7) is 1.58. The van der Waals surface area contributed by atoms with Gasteiger partial charge in [-0.1, -0.05) is 12.1 Å². The first-order valence-electron chi connectivity index (χ1n) is 4.17. The molecule has 0 atom stereocenters. The summed E-state index contributed by atoms with van der Waals surface area (Å²) in [5.41, 5.74) is 0.643. The second-order valence-electron chi connectivity index (χ2n) is 2.91.